The zero-order valence-corrected chi connectivity index (χ0v) is 12.3. The van der Waals surface area contributed by atoms with Crippen LogP contribution < -0.4 is 9.47 Å². The van der Waals surface area contributed by atoms with Crippen LogP contribution in [0.1, 0.15) is 0 Å². The molecule has 2 aromatic carbocycles. The van der Waals surface area contributed by atoms with Crippen LogP contribution in [0, 0.1) is 0 Å². The first-order valence-electron chi connectivity index (χ1n) is 5.05. The van der Waals surface area contributed by atoms with Crippen LogP contribution in [0.5, 0.6) is 11.5 Å². The van der Waals surface area contributed by atoms with E-state index < -0.39 is 6.16 Å². The molecule has 0 fully saturated rings. The summed E-state index contributed by atoms with van der Waals surface area (Å²) in [6, 6.07) is 14.1. The summed E-state index contributed by atoms with van der Waals surface area (Å²) in [5.74, 6) is 0.823. The van der Waals surface area contributed by atoms with E-state index >= 15 is 0 Å². The van der Waals surface area contributed by atoms with E-state index in [1.807, 2.05) is 12.1 Å². The lowest BCUT2D eigenvalue weighted by molar-refractivity contribution is 0.151. The second kappa shape index (κ2) is 6.02. The Labute approximate surface area is 121 Å². The molecule has 0 saturated heterocycles. The Balaban J connectivity index is 2.06. The quantitative estimate of drug-likeness (QED) is 0.562. The van der Waals surface area contributed by atoms with Gasteiger partial charge in [-0.05, 0) is 56.1 Å². The first-order chi connectivity index (χ1) is 8.66. The average Bonchev–Trinajstić information content (AvgIpc) is 2.35. The molecule has 92 valence electrons. The number of para-hydroxylation sites is 2. The first-order valence-corrected chi connectivity index (χ1v) is 6.64. The van der Waals surface area contributed by atoms with E-state index in [-0.39, 0.29) is 0 Å². The van der Waals surface area contributed by atoms with Gasteiger partial charge in [0, 0.05) is 0 Å². The minimum absolute atomic E-state index is 0.412. The van der Waals surface area contributed by atoms with Crippen LogP contribution >= 0.6 is 31.9 Å². The number of hydrogen-bond acceptors (Lipinski definition) is 3. The molecule has 2 rings (SSSR count). The summed E-state index contributed by atoms with van der Waals surface area (Å²) >= 11 is 6.57. The highest BCUT2D eigenvalue weighted by Gasteiger charge is 2.11. The summed E-state index contributed by atoms with van der Waals surface area (Å²) in [7, 11) is 0. The zero-order chi connectivity index (χ0) is 13.0. The van der Waals surface area contributed by atoms with E-state index in [9.17, 15) is 4.79 Å². The van der Waals surface area contributed by atoms with E-state index in [1.54, 1.807) is 36.4 Å². The number of rotatable bonds is 2. The van der Waals surface area contributed by atoms with Crippen molar-refractivity contribution < 1.29 is 14.3 Å². The van der Waals surface area contributed by atoms with E-state index in [2.05, 4.69) is 31.9 Å². The Morgan fingerprint density at radius 2 is 1.17 bits per heavy atom. The van der Waals surface area contributed by atoms with Crippen LogP contribution in [0.4, 0.5) is 4.79 Å². The Bertz CT molecular complexity index is 520. The van der Waals surface area contributed by atoms with E-state index in [4.69, 9.17) is 9.47 Å². The van der Waals surface area contributed by atoms with Crippen molar-refractivity contribution in [1.82, 2.24) is 0 Å². The summed E-state index contributed by atoms with van der Waals surface area (Å²) in [4.78, 5) is 11.6. The molecule has 0 aliphatic rings. The smallest absolute Gasteiger partial charge is 0.394 e. The fourth-order valence-electron chi connectivity index (χ4n) is 1.26. The monoisotopic (exact) mass is 370 g/mol. The maximum Gasteiger partial charge on any atom is 0.519 e. The number of carbonyl (C=O) groups excluding carboxylic acids is 1. The second-order valence-electron chi connectivity index (χ2n) is 3.31. The molecule has 0 heterocycles. The molecule has 3 nitrogen and oxygen atoms in total. The van der Waals surface area contributed by atoms with Crippen molar-refractivity contribution in [2.45, 2.75) is 0 Å². The molecule has 0 bridgehead atoms. The molecule has 5 heteroatoms. The lowest BCUT2D eigenvalue weighted by atomic mass is 10.3. The van der Waals surface area contributed by atoms with Crippen molar-refractivity contribution in [3.8, 4) is 11.5 Å². The maximum atomic E-state index is 11.6. The third kappa shape index (κ3) is 3.34. The van der Waals surface area contributed by atoms with Crippen LogP contribution in [-0.2, 0) is 0 Å². The highest BCUT2D eigenvalue weighted by atomic mass is 79.9. The fraction of sp³-hybridized carbons (Fsp3) is 0. The number of benzene rings is 2. The Hall–Kier alpha value is -1.33. The molecular formula is C13H8Br2O3. The molecule has 18 heavy (non-hydrogen) atoms. The van der Waals surface area contributed by atoms with Crippen molar-refractivity contribution in [2.75, 3.05) is 0 Å². The number of ether oxygens (including phenoxy) is 2. The van der Waals surface area contributed by atoms with Gasteiger partial charge in [-0.2, -0.15) is 0 Å². The number of carbonyl (C=O) groups is 1. The molecule has 0 radical (unpaired) electrons. The summed E-state index contributed by atoms with van der Waals surface area (Å²) in [6.45, 7) is 0. The van der Waals surface area contributed by atoms with Gasteiger partial charge < -0.3 is 9.47 Å². The van der Waals surface area contributed by atoms with Crippen molar-refractivity contribution in [3.05, 3.63) is 57.5 Å². The molecular weight excluding hydrogens is 364 g/mol. The third-order valence-electron chi connectivity index (χ3n) is 2.06. The van der Waals surface area contributed by atoms with E-state index in [0.29, 0.717) is 20.4 Å². The molecule has 0 aliphatic carbocycles. The van der Waals surface area contributed by atoms with Gasteiger partial charge in [0.25, 0.3) is 0 Å². The minimum atomic E-state index is -0.784. The Morgan fingerprint density at radius 3 is 1.56 bits per heavy atom. The largest absolute Gasteiger partial charge is 0.519 e. The minimum Gasteiger partial charge on any atom is -0.394 e. The predicted molar refractivity (Wildman–Crippen MR) is 74.9 cm³/mol. The first kappa shape index (κ1) is 13.1. The highest BCUT2D eigenvalue weighted by Crippen LogP contribution is 2.26. The number of hydrogen-bond donors (Lipinski definition) is 0. The standard InChI is InChI=1S/C13H8Br2O3/c14-9-5-1-3-7-11(9)17-13(16)18-12-8-4-2-6-10(12)15/h1-8H. The summed E-state index contributed by atoms with van der Waals surface area (Å²) < 4.78 is 11.5. The topological polar surface area (TPSA) is 35.5 Å². The van der Waals surface area contributed by atoms with Gasteiger partial charge in [-0.3, -0.25) is 0 Å². The van der Waals surface area contributed by atoms with Gasteiger partial charge in [-0.1, -0.05) is 24.3 Å². The van der Waals surface area contributed by atoms with Crippen LogP contribution in [0.15, 0.2) is 57.5 Å². The highest BCUT2D eigenvalue weighted by molar-refractivity contribution is 9.10. The van der Waals surface area contributed by atoms with Crippen molar-refractivity contribution in [2.24, 2.45) is 0 Å². The molecule has 0 unspecified atom stereocenters. The van der Waals surface area contributed by atoms with Gasteiger partial charge >= 0.3 is 6.16 Å². The summed E-state index contributed by atoms with van der Waals surface area (Å²) in [5, 5.41) is 0. The van der Waals surface area contributed by atoms with Crippen LogP contribution in [-0.4, -0.2) is 6.16 Å². The van der Waals surface area contributed by atoms with Crippen LogP contribution in [0.3, 0.4) is 0 Å². The normalized spacial score (nSPS) is 9.89. The molecule has 0 amide bonds. The summed E-state index contributed by atoms with van der Waals surface area (Å²) in [5.41, 5.74) is 0. The summed E-state index contributed by atoms with van der Waals surface area (Å²) in [6.07, 6.45) is -0.784. The Morgan fingerprint density at radius 1 is 0.778 bits per heavy atom. The van der Waals surface area contributed by atoms with Crippen molar-refractivity contribution in [3.63, 3.8) is 0 Å². The lowest BCUT2D eigenvalue weighted by Gasteiger charge is -2.07. The lowest BCUT2D eigenvalue weighted by Crippen LogP contribution is -2.14. The molecule has 0 spiro atoms. The van der Waals surface area contributed by atoms with E-state index in [0.717, 1.165) is 0 Å². The molecule has 0 atom stereocenters. The molecule has 2 aromatic rings. The molecule has 0 aliphatic heterocycles. The molecule has 0 aromatic heterocycles. The van der Waals surface area contributed by atoms with Gasteiger partial charge in [-0.25, -0.2) is 4.79 Å². The van der Waals surface area contributed by atoms with E-state index in [1.165, 1.54) is 0 Å². The third-order valence-corrected chi connectivity index (χ3v) is 3.37. The van der Waals surface area contributed by atoms with Gasteiger partial charge in [0.15, 0.2) is 0 Å². The zero-order valence-electron chi connectivity index (χ0n) is 9.10. The fourth-order valence-corrected chi connectivity index (χ4v) is 1.99. The van der Waals surface area contributed by atoms with Crippen LogP contribution in [0.25, 0.3) is 0 Å². The van der Waals surface area contributed by atoms with Crippen LogP contribution in [0.2, 0.25) is 0 Å². The second-order valence-corrected chi connectivity index (χ2v) is 5.02. The maximum absolute atomic E-state index is 11.6. The number of halogens is 2. The van der Waals surface area contributed by atoms with Gasteiger partial charge in [0.2, 0.25) is 0 Å². The Kier molecular flexibility index (Phi) is 4.38. The molecule has 0 saturated carbocycles. The van der Waals surface area contributed by atoms with Crippen molar-refractivity contribution >= 4 is 38.0 Å². The van der Waals surface area contributed by atoms with Crippen molar-refractivity contribution in [1.29, 1.82) is 0 Å². The van der Waals surface area contributed by atoms with Gasteiger partial charge in [0.05, 0.1) is 8.95 Å². The predicted octanol–water partition coefficient (Wildman–Crippen LogP) is 4.79. The van der Waals surface area contributed by atoms with Gasteiger partial charge in [0.1, 0.15) is 11.5 Å². The van der Waals surface area contributed by atoms with Gasteiger partial charge in [-0.15, -0.1) is 0 Å². The molecule has 0 N–H and O–H groups in total. The SMILES string of the molecule is O=C(Oc1ccccc1Br)Oc1ccccc1Br. The average molecular weight is 372 g/mol.